The maximum Gasteiger partial charge on any atom is 0.387 e. The molecule has 1 fully saturated rings. The van der Waals surface area contributed by atoms with Crippen molar-refractivity contribution in [2.24, 2.45) is 5.92 Å². The molecule has 1 aliphatic rings. The molecular formula is C21H25ClF2N2O3. The number of aliphatic hydroxyl groups is 1. The third-order valence-electron chi connectivity index (χ3n) is 5.59. The first-order valence-electron chi connectivity index (χ1n) is 9.63. The summed E-state index contributed by atoms with van der Waals surface area (Å²) in [4.78, 5) is 16.9. The van der Waals surface area contributed by atoms with Crippen LogP contribution in [0.4, 0.5) is 8.78 Å². The number of alkyl halides is 2. The van der Waals surface area contributed by atoms with Crippen molar-refractivity contribution >= 4 is 28.4 Å². The first-order valence-corrected chi connectivity index (χ1v) is 10.0. The fraction of sp³-hybridized carbons (Fsp3) is 0.524. The summed E-state index contributed by atoms with van der Waals surface area (Å²) in [7, 11) is 0. The van der Waals surface area contributed by atoms with Crippen LogP contribution in [0.2, 0.25) is 5.02 Å². The molecule has 0 spiro atoms. The first kappa shape index (κ1) is 21.7. The predicted molar refractivity (Wildman–Crippen MR) is 108 cm³/mol. The van der Waals surface area contributed by atoms with E-state index < -0.39 is 12.2 Å². The highest BCUT2D eigenvalue weighted by Crippen LogP contribution is 2.36. The monoisotopic (exact) mass is 426 g/mol. The molecule has 1 heterocycles. The average Bonchev–Trinajstić information content (AvgIpc) is 2.64. The van der Waals surface area contributed by atoms with Gasteiger partial charge in [-0.3, -0.25) is 9.78 Å². The number of hydrogen-bond acceptors (Lipinski definition) is 4. The van der Waals surface area contributed by atoms with Crippen molar-refractivity contribution in [3.63, 3.8) is 0 Å². The van der Waals surface area contributed by atoms with Crippen molar-refractivity contribution in [2.75, 3.05) is 0 Å². The lowest BCUT2D eigenvalue weighted by Gasteiger charge is -2.36. The summed E-state index contributed by atoms with van der Waals surface area (Å²) >= 11 is 6.19. The molecule has 0 unspecified atom stereocenters. The summed E-state index contributed by atoms with van der Waals surface area (Å²) in [6.45, 7) is 2.27. The van der Waals surface area contributed by atoms with Gasteiger partial charge in [-0.05, 0) is 70.1 Å². The number of aryl methyl sites for hydroxylation is 1. The van der Waals surface area contributed by atoms with Gasteiger partial charge in [-0.1, -0.05) is 11.6 Å². The minimum absolute atomic E-state index is 0.00259. The second-order valence-corrected chi connectivity index (χ2v) is 8.56. The standard InChI is InChI=1S/C21H25ClF2N2O3/c1-11-8-12-9-13(10-25-17(12)16(22)18(11)29-20(23)24)19(27)26-15-6-4-14(5-7-15)21(2,3)28/h8-10,14-15,20,28H,4-7H2,1-3H3,(H,26,27)/t14-,15-. The highest BCUT2D eigenvalue weighted by molar-refractivity contribution is 6.36. The minimum Gasteiger partial charge on any atom is -0.433 e. The van der Waals surface area contributed by atoms with Gasteiger partial charge in [-0.15, -0.1) is 0 Å². The Hall–Kier alpha value is -1.99. The Morgan fingerprint density at radius 1 is 1.31 bits per heavy atom. The van der Waals surface area contributed by atoms with Crippen molar-refractivity contribution in [1.29, 1.82) is 0 Å². The van der Waals surface area contributed by atoms with Crippen LogP contribution in [0.15, 0.2) is 18.3 Å². The highest BCUT2D eigenvalue weighted by Gasteiger charge is 2.32. The maximum atomic E-state index is 12.7. The van der Waals surface area contributed by atoms with Gasteiger partial charge in [0.2, 0.25) is 0 Å². The summed E-state index contributed by atoms with van der Waals surface area (Å²) in [5.41, 5.74) is 0.406. The van der Waals surface area contributed by atoms with Crippen molar-refractivity contribution in [1.82, 2.24) is 10.3 Å². The second kappa shape index (κ2) is 8.40. The molecule has 0 atom stereocenters. The molecule has 0 aliphatic heterocycles. The van der Waals surface area contributed by atoms with Gasteiger partial charge in [-0.2, -0.15) is 8.78 Å². The number of fused-ring (bicyclic) bond motifs is 1. The lowest BCUT2D eigenvalue weighted by molar-refractivity contribution is -0.0501. The van der Waals surface area contributed by atoms with Gasteiger partial charge in [0.1, 0.15) is 10.8 Å². The summed E-state index contributed by atoms with van der Waals surface area (Å²) in [6, 6.07) is 3.31. The summed E-state index contributed by atoms with van der Waals surface area (Å²) in [5.74, 6) is -0.122. The molecular weight excluding hydrogens is 402 g/mol. The number of benzene rings is 1. The van der Waals surface area contributed by atoms with Crippen molar-refractivity contribution < 1.29 is 23.4 Å². The Bertz CT molecular complexity index is 907. The van der Waals surface area contributed by atoms with E-state index in [1.165, 1.54) is 6.20 Å². The fourth-order valence-corrected chi connectivity index (χ4v) is 4.28. The molecule has 0 saturated heterocycles. The van der Waals surface area contributed by atoms with Crippen LogP contribution in [0.1, 0.15) is 55.5 Å². The lowest BCUT2D eigenvalue weighted by atomic mass is 9.77. The van der Waals surface area contributed by atoms with Gasteiger partial charge >= 0.3 is 6.61 Å². The van der Waals surface area contributed by atoms with E-state index >= 15 is 0 Å². The van der Waals surface area contributed by atoms with Gasteiger partial charge in [0.25, 0.3) is 5.91 Å². The molecule has 2 aromatic rings. The largest absolute Gasteiger partial charge is 0.433 e. The number of nitrogens with zero attached hydrogens (tertiary/aromatic N) is 1. The fourth-order valence-electron chi connectivity index (χ4n) is 3.93. The number of rotatable bonds is 5. The number of halogens is 3. The molecule has 1 amide bonds. The van der Waals surface area contributed by atoms with E-state index in [1.807, 2.05) is 13.8 Å². The Labute approximate surface area is 173 Å². The third kappa shape index (κ3) is 4.95. The van der Waals surface area contributed by atoms with E-state index in [0.717, 1.165) is 25.7 Å². The van der Waals surface area contributed by atoms with E-state index in [-0.39, 0.29) is 28.6 Å². The number of carbonyl (C=O) groups is 1. The first-order chi connectivity index (χ1) is 13.6. The summed E-state index contributed by atoms with van der Waals surface area (Å²) in [6.07, 6.45) is 4.70. The number of amides is 1. The van der Waals surface area contributed by atoms with Gasteiger partial charge in [0, 0.05) is 17.6 Å². The second-order valence-electron chi connectivity index (χ2n) is 8.19. The Balaban J connectivity index is 1.74. The molecule has 2 N–H and O–H groups in total. The number of aromatic nitrogens is 1. The number of carbonyl (C=O) groups excluding carboxylic acids is 1. The number of hydrogen-bond donors (Lipinski definition) is 2. The number of pyridine rings is 1. The molecule has 1 saturated carbocycles. The Morgan fingerprint density at radius 2 is 1.97 bits per heavy atom. The molecule has 1 aromatic carbocycles. The van der Waals surface area contributed by atoms with Crippen LogP contribution < -0.4 is 10.1 Å². The smallest absolute Gasteiger partial charge is 0.387 e. The Kier molecular flexibility index (Phi) is 6.29. The van der Waals surface area contributed by atoms with E-state index in [1.54, 1.807) is 19.1 Å². The molecule has 0 bridgehead atoms. The normalized spacial score (nSPS) is 20.1. The van der Waals surface area contributed by atoms with Gasteiger partial charge in [0.05, 0.1) is 16.7 Å². The molecule has 1 aliphatic carbocycles. The van der Waals surface area contributed by atoms with E-state index in [9.17, 15) is 18.7 Å². The van der Waals surface area contributed by atoms with Crippen LogP contribution in [0.25, 0.3) is 10.9 Å². The zero-order valence-electron chi connectivity index (χ0n) is 16.6. The van der Waals surface area contributed by atoms with E-state index in [2.05, 4.69) is 15.0 Å². The SMILES string of the molecule is Cc1cc2cc(C(=O)N[C@H]3CC[C@H](C(C)(C)O)CC3)cnc2c(Cl)c1OC(F)F. The third-order valence-corrected chi connectivity index (χ3v) is 5.94. The van der Waals surface area contributed by atoms with E-state index in [0.29, 0.717) is 22.0 Å². The molecule has 29 heavy (non-hydrogen) atoms. The summed E-state index contributed by atoms with van der Waals surface area (Å²) in [5, 5.41) is 13.7. The zero-order chi connectivity index (χ0) is 21.3. The zero-order valence-corrected chi connectivity index (χ0v) is 17.4. The van der Waals surface area contributed by atoms with Gasteiger partial charge < -0.3 is 15.2 Å². The van der Waals surface area contributed by atoms with Crippen LogP contribution >= 0.6 is 11.6 Å². The predicted octanol–water partition coefficient (Wildman–Crippen LogP) is 4.86. The molecule has 0 radical (unpaired) electrons. The molecule has 5 nitrogen and oxygen atoms in total. The topological polar surface area (TPSA) is 71.5 Å². The maximum absolute atomic E-state index is 12.7. The molecule has 3 rings (SSSR count). The van der Waals surface area contributed by atoms with Crippen LogP contribution in [-0.4, -0.2) is 34.3 Å². The minimum atomic E-state index is -2.99. The molecule has 1 aromatic heterocycles. The number of ether oxygens (including phenoxy) is 1. The van der Waals surface area contributed by atoms with Gasteiger partial charge in [0.15, 0.2) is 0 Å². The average molecular weight is 427 g/mol. The van der Waals surface area contributed by atoms with Crippen LogP contribution in [-0.2, 0) is 0 Å². The highest BCUT2D eigenvalue weighted by atomic mass is 35.5. The Morgan fingerprint density at radius 3 is 2.55 bits per heavy atom. The van der Waals surface area contributed by atoms with Crippen molar-refractivity contribution in [3.8, 4) is 5.75 Å². The van der Waals surface area contributed by atoms with Crippen molar-refractivity contribution in [2.45, 2.75) is 64.7 Å². The number of nitrogens with one attached hydrogen (secondary N) is 1. The lowest BCUT2D eigenvalue weighted by Crippen LogP contribution is -2.41. The van der Waals surface area contributed by atoms with Crippen LogP contribution in [0, 0.1) is 12.8 Å². The molecule has 8 heteroatoms. The van der Waals surface area contributed by atoms with E-state index in [4.69, 9.17) is 11.6 Å². The van der Waals surface area contributed by atoms with Crippen LogP contribution in [0.5, 0.6) is 5.75 Å². The molecule has 158 valence electrons. The van der Waals surface area contributed by atoms with Crippen LogP contribution in [0.3, 0.4) is 0 Å². The van der Waals surface area contributed by atoms with Gasteiger partial charge in [-0.25, -0.2) is 0 Å². The summed E-state index contributed by atoms with van der Waals surface area (Å²) < 4.78 is 29.7. The van der Waals surface area contributed by atoms with Crippen molar-refractivity contribution in [3.05, 3.63) is 34.5 Å². The quantitative estimate of drug-likeness (QED) is 0.716.